The van der Waals surface area contributed by atoms with Crippen LogP contribution in [0.5, 0.6) is 0 Å². The first-order chi connectivity index (χ1) is 7.22. The lowest BCUT2D eigenvalue weighted by Gasteiger charge is -2.46. The Morgan fingerprint density at radius 3 is 2.25 bits per heavy atom. The maximum absolute atomic E-state index is 13.2. The second-order valence-corrected chi connectivity index (χ2v) is 5.70. The van der Waals surface area contributed by atoms with Crippen LogP contribution in [-0.2, 0) is 0 Å². The molecule has 0 heterocycles. The first-order valence-corrected chi connectivity index (χ1v) is 6.04. The first-order valence-electron chi connectivity index (χ1n) is 6.04. The molecule has 0 amide bonds. The van der Waals surface area contributed by atoms with Crippen LogP contribution in [0.4, 0.5) is 13.2 Å². The summed E-state index contributed by atoms with van der Waals surface area (Å²) < 4.78 is 39.6. The monoisotopic (exact) mass is 237 g/mol. The molecular weight excluding hydrogens is 215 g/mol. The van der Waals surface area contributed by atoms with E-state index in [0.717, 1.165) is 12.8 Å². The molecule has 96 valence electrons. The molecule has 4 heteroatoms. The van der Waals surface area contributed by atoms with E-state index in [9.17, 15) is 13.2 Å². The van der Waals surface area contributed by atoms with Crippen LogP contribution in [0.25, 0.3) is 0 Å². The standard InChI is InChI=1S/C12H22F3N/c1-4-8-16-11(12(13,14)15)7-5-6-10(2,3)9-11/h16H,4-9H2,1-3H3. The molecule has 0 aliphatic heterocycles. The summed E-state index contributed by atoms with van der Waals surface area (Å²) in [6, 6.07) is 0. The summed E-state index contributed by atoms with van der Waals surface area (Å²) in [4.78, 5) is 0. The topological polar surface area (TPSA) is 12.0 Å². The second-order valence-electron chi connectivity index (χ2n) is 5.70. The van der Waals surface area contributed by atoms with Crippen LogP contribution in [0.3, 0.4) is 0 Å². The molecule has 1 atom stereocenters. The van der Waals surface area contributed by atoms with Crippen molar-refractivity contribution >= 4 is 0 Å². The van der Waals surface area contributed by atoms with E-state index in [1.807, 2.05) is 20.8 Å². The van der Waals surface area contributed by atoms with Gasteiger partial charge in [-0.25, -0.2) is 0 Å². The molecule has 1 fully saturated rings. The molecule has 1 N–H and O–H groups in total. The zero-order valence-corrected chi connectivity index (χ0v) is 10.4. The fourth-order valence-electron chi connectivity index (χ4n) is 2.72. The van der Waals surface area contributed by atoms with Crippen molar-refractivity contribution in [1.29, 1.82) is 0 Å². The summed E-state index contributed by atoms with van der Waals surface area (Å²) in [7, 11) is 0. The SMILES string of the molecule is CCCNC1(C(F)(F)F)CCCC(C)(C)C1. The van der Waals surface area contributed by atoms with Crippen molar-refractivity contribution < 1.29 is 13.2 Å². The average molecular weight is 237 g/mol. The zero-order chi connectivity index (χ0) is 12.4. The third kappa shape index (κ3) is 2.90. The lowest BCUT2D eigenvalue weighted by atomic mass is 9.67. The largest absolute Gasteiger partial charge is 0.406 e. The molecule has 1 aliphatic rings. The van der Waals surface area contributed by atoms with E-state index in [2.05, 4.69) is 5.32 Å². The van der Waals surface area contributed by atoms with E-state index in [0.29, 0.717) is 13.0 Å². The molecule has 16 heavy (non-hydrogen) atoms. The summed E-state index contributed by atoms with van der Waals surface area (Å²) >= 11 is 0. The van der Waals surface area contributed by atoms with Crippen molar-refractivity contribution in [2.45, 2.75) is 64.6 Å². The molecule has 0 radical (unpaired) electrons. The molecule has 1 aliphatic carbocycles. The Labute approximate surface area is 95.8 Å². The minimum absolute atomic E-state index is 0.198. The number of hydrogen-bond donors (Lipinski definition) is 1. The number of alkyl halides is 3. The predicted molar refractivity (Wildman–Crippen MR) is 59.3 cm³/mol. The molecule has 1 rings (SSSR count). The molecule has 1 nitrogen and oxygen atoms in total. The van der Waals surface area contributed by atoms with Gasteiger partial charge in [0.05, 0.1) is 0 Å². The van der Waals surface area contributed by atoms with Crippen molar-refractivity contribution in [3.63, 3.8) is 0 Å². The number of halogens is 3. The molecule has 0 bridgehead atoms. The van der Waals surface area contributed by atoms with Crippen LogP contribution in [0.15, 0.2) is 0 Å². The molecule has 0 spiro atoms. The van der Waals surface area contributed by atoms with E-state index < -0.39 is 11.7 Å². The first kappa shape index (κ1) is 13.8. The van der Waals surface area contributed by atoms with E-state index in [-0.39, 0.29) is 18.3 Å². The molecular formula is C12H22F3N. The Balaban J connectivity index is 2.86. The van der Waals surface area contributed by atoms with E-state index in [4.69, 9.17) is 0 Å². The average Bonchev–Trinajstić information content (AvgIpc) is 2.11. The van der Waals surface area contributed by atoms with Crippen molar-refractivity contribution in [3.05, 3.63) is 0 Å². The van der Waals surface area contributed by atoms with Gasteiger partial charge in [0.1, 0.15) is 5.54 Å². The molecule has 1 unspecified atom stereocenters. The molecule has 0 aromatic carbocycles. The smallest absolute Gasteiger partial charge is 0.304 e. The van der Waals surface area contributed by atoms with Gasteiger partial charge in [-0.05, 0) is 37.6 Å². The van der Waals surface area contributed by atoms with E-state index in [1.165, 1.54) is 0 Å². The highest BCUT2D eigenvalue weighted by atomic mass is 19.4. The van der Waals surface area contributed by atoms with E-state index >= 15 is 0 Å². The van der Waals surface area contributed by atoms with Crippen LogP contribution in [0, 0.1) is 5.41 Å². The number of nitrogens with one attached hydrogen (secondary N) is 1. The molecule has 0 saturated heterocycles. The Bertz CT molecular complexity index is 235. The maximum atomic E-state index is 13.2. The highest BCUT2D eigenvalue weighted by Crippen LogP contribution is 2.48. The molecule has 1 saturated carbocycles. The summed E-state index contributed by atoms with van der Waals surface area (Å²) in [5.74, 6) is 0. The lowest BCUT2D eigenvalue weighted by molar-refractivity contribution is -0.214. The quantitative estimate of drug-likeness (QED) is 0.785. The van der Waals surface area contributed by atoms with Crippen molar-refractivity contribution in [2.24, 2.45) is 5.41 Å². The third-order valence-corrected chi connectivity index (χ3v) is 3.49. The normalized spacial score (nSPS) is 30.4. The second kappa shape index (κ2) is 4.55. The third-order valence-electron chi connectivity index (χ3n) is 3.49. The van der Waals surface area contributed by atoms with Crippen LogP contribution < -0.4 is 5.32 Å². The van der Waals surface area contributed by atoms with Crippen LogP contribution in [0.1, 0.15) is 52.9 Å². The number of hydrogen-bond acceptors (Lipinski definition) is 1. The van der Waals surface area contributed by atoms with Crippen LogP contribution in [0.2, 0.25) is 0 Å². The van der Waals surface area contributed by atoms with Crippen LogP contribution in [-0.4, -0.2) is 18.3 Å². The van der Waals surface area contributed by atoms with Gasteiger partial charge in [0.25, 0.3) is 0 Å². The zero-order valence-electron chi connectivity index (χ0n) is 10.4. The van der Waals surface area contributed by atoms with Gasteiger partial charge in [0, 0.05) is 0 Å². The Kier molecular flexibility index (Phi) is 3.93. The van der Waals surface area contributed by atoms with E-state index in [1.54, 1.807) is 0 Å². The number of rotatable bonds is 3. The van der Waals surface area contributed by atoms with Gasteiger partial charge in [-0.15, -0.1) is 0 Å². The van der Waals surface area contributed by atoms with Gasteiger partial charge in [-0.3, -0.25) is 0 Å². The summed E-state index contributed by atoms with van der Waals surface area (Å²) in [6.45, 7) is 6.20. The van der Waals surface area contributed by atoms with Gasteiger partial charge in [-0.1, -0.05) is 27.2 Å². The molecule has 0 aromatic rings. The fourth-order valence-corrected chi connectivity index (χ4v) is 2.72. The fraction of sp³-hybridized carbons (Fsp3) is 1.00. The summed E-state index contributed by atoms with van der Waals surface area (Å²) in [5.41, 5.74) is -1.86. The van der Waals surface area contributed by atoms with Gasteiger partial charge >= 0.3 is 6.18 Å². The Hall–Kier alpha value is -0.250. The maximum Gasteiger partial charge on any atom is 0.406 e. The Morgan fingerprint density at radius 1 is 1.19 bits per heavy atom. The van der Waals surface area contributed by atoms with Gasteiger partial charge in [0.2, 0.25) is 0 Å². The molecule has 0 aromatic heterocycles. The van der Waals surface area contributed by atoms with Gasteiger partial charge in [0.15, 0.2) is 0 Å². The summed E-state index contributed by atoms with van der Waals surface area (Å²) in [6.07, 6.45) is -1.44. The Morgan fingerprint density at radius 2 is 1.81 bits per heavy atom. The highest BCUT2D eigenvalue weighted by Gasteiger charge is 2.57. The minimum Gasteiger partial charge on any atom is -0.304 e. The summed E-state index contributed by atoms with van der Waals surface area (Å²) in [5, 5.41) is 2.76. The van der Waals surface area contributed by atoms with Crippen molar-refractivity contribution in [3.8, 4) is 0 Å². The van der Waals surface area contributed by atoms with Crippen molar-refractivity contribution in [2.75, 3.05) is 6.54 Å². The predicted octanol–water partition coefficient (Wildman–Crippen LogP) is 3.89. The van der Waals surface area contributed by atoms with Crippen molar-refractivity contribution in [1.82, 2.24) is 5.32 Å². The van der Waals surface area contributed by atoms with Gasteiger partial charge in [-0.2, -0.15) is 13.2 Å². The highest BCUT2D eigenvalue weighted by molar-refractivity contribution is 5.01. The minimum atomic E-state index is -4.14. The van der Waals surface area contributed by atoms with Gasteiger partial charge < -0.3 is 5.32 Å². The lowest BCUT2D eigenvalue weighted by Crippen LogP contribution is -2.60. The van der Waals surface area contributed by atoms with Crippen LogP contribution >= 0.6 is 0 Å².